The zero-order chi connectivity index (χ0) is 13.2. The third-order valence-electron chi connectivity index (χ3n) is 4.49. The zero-order valence-corrected chi connectivity index (χ0v) is 11.8. The van der Waals surface area contributed by atoms with E-state index in [2.05, 4.69) is 15.1 Å². The highest BCUT2D eigenvalue weighted by Gasteiger charge is 2.37. The van der Waals surface area contributed by atoms with E-state index in [0.29, 0.717) is 12.0 Å². The minimum atomic E-state index is 0.242. The largest absolute Gasteiger partial charge is 0.424 e. The molecular formula is C14H23N3O2. The number of rotatable bonds is 4. The van der Waals surface area contributed by atoms with Crippen molar-refractivity contribution in [2.24, 2.45) is 5.92 Å². The molecule has 1 aromatic rings. The van der Waals surface area contributed by atoms with Gasteiger partial charge in [0.25, 0.3) is 0 Å². The normalized spacial score (nSPS) is 29.4. The molecule has 2 heterocycles. The summed E-state index contributed by atoms with van der Waals surface area (Å²) in [4.78, 5) is 2.48. The molecule has 0 spiro atoms. The molecule has 0 N–H and O–H groups in total. The van der Waals surface area contributed by atoms with Gasteiger partial charge < -0.3 is 9.15 Å². The van der Waals surface area contributed by atoms with Crippen molar-refractivity contribution in [2.75, 3.05) is 20.2 Å². The molecule has 0 radical (unpaired) electrons. The van der Waals surface area contributed by atoms with Crippen molar-refractivity contribution >= 4 is 0 Å². The molecule has 5 heteroatoms. The molecule has 1 aliphatic carbocycles. The highest BCUT2D eigenvalue weighted by molar-refractivity contribution is 4.98. The number of ether oxygens (including phenoxy) is 1. The van der Waals surface area contributed by atoms with Gasteiger partial charge in [-0.15, -0.1) is 10.2 Å². The number of likely N-dealkylation sites (tertiary alicyclic amines) is 1. The second kappa shape index (κ2) is 5.59. The first-order valence-electron chi connectivity index (χ1n) is 7.33. The molecular weight excluding hydrogens is 242 g/mol. The Bertz CT molecular complexity index is 415. The predicted molar refractivity (Wildman–Crippen MR) is 70.7 cm³/mol. The molecule has 1 saturated carbocycles. The van der Waals surface area contributed by atoms with Crippen LogP contribution >= 0.6 is 0 Å². The van der Waals surface area contributed by atoms with Crippen LogP contribution in [0.3, 0.4) is 0 Å². The van der Waals surface area contributed by atoms with Gasteiger partial charge in [0, 0.05) is 27.1 Å². The third-order valence-corrected chi connectivity index (χ3v) is 4.49. The Morgan fingerprint density at radius 1 is 1.32 bits per heavy atom. The van der Waals surface area contributed by atoms with Crippen LogP contribution in [0.5, 0.6) is 0 Å². The van der Waals surface area contributed by atoms with Crippen LogP contribution < -0.4 is 0 Å². The van der Waals surface area contributed by atoms with Gasteiger partial charge >= 0.3 is 0 Å². The van der Waals surface area contributed by atoms with Crippen molar-refractivity contribution in [3.63, 3.8) is 0 Å². The summed E-state index contributed by atoms with van der Waals surface area (Å²) in [5.41, 5.74) is 0. The average molecular weight is 265 g/mol. The molecule has 0 bridgehead atoms. The molecule has 3 rings (SSSR count). The van der Waals surface area contributed by atoms with E-state index in [4.69, 9.17) is 9.15 Å². The molecule has 5 nitrogen and oxygen atoms in total. The van der Waals surface area contributed by atoms with Gasteiger partial charge in [0.1, 0.15) is 0 Å². The number of hydrogen-bond donors (Lipinski definition) is 0. The Hall–Kier alpha value is -0.940. The molecule has 0 unspecified atom stereocenters. The number of aromatic nitrogens is 2. The first-order valence-corrected chi connectivity index (χ1v) is 7.33. The maximum atomic E-state index is 5.64. The lowest BCUT2D eigenvalue weighted by Gasteiger charge is -2.24. The molecule has 2 atom stereocenters. The van der Waals surface area contributed by atoms with Crippen LogP contribution in [0.2, 0.25) is 0 Å². The van der Waals surface area contributed by atoms with E-state index in [1.807, 2.05) is 6.92 Å². The topological polar surface area (TPSA) is 51.4 Å². The van der Waals surface area contributed by atoms with Crippen LogP contribution in [0.4, 0.5) is 0 Å². The van der Waals surface area contributed by atoms with Crippen LogP contribution in [0.15, 0.2) is 4.42 Å². The van der Waals surface area contributed by atoms with Crippen molar-refractivity contribution in [1.82, 2.24) is 15.1 Å². The van der Waals surface area contributed by atoms with Crippen molar-refractivity contribution in [2.45, 2.75) is 51.2 Å². The van der Waals surface area contributed by atoms with Crippen LogP contribution in [0.25, 0.3) is 0 Å². The van der Waals surface area contributed by atoms with E-state index < -0.39 is 0 Å². The summed E-state index contributed by atoms with van der Waals surface area (Å²) < 4.78 is 11.2. The van der Waals surface area contributed by atoms with Gasteiger partial charge in [0.2, 0.25) is 11.8 Å². The van der Waals surface area contributed by atoms with Gasteiger partial charge in [-0.2, -0.15) is 0 Å². The van der Waals surface area contributed by atoms with E-state index in [1.165, 1.54) is 25.7 Å². The molecule has 1 saturated heterocycles. The van der Waals surface area contributed by atoms with Crippen LogP contribution in [-0.2, 0) is 4.74 Å². The van der Waals surface area contributed by atoms with Crippen molar-refractivity contribution in [3.05, 3.63) is 11.8 Å². The molecule has 2 fully saturated rings. The Labute approximate surface area is 114 Å². The van der Waals surface area contributed by atoms with Gasteiger partial charge in [0.15, 0.2) is 0 Å². The van der Waals surface area contributed by atoms with E-state index in [0.717, 1.165) is 31.3 Å². The smallest absolute Gasteiger partial charge is 0.233 e. The van der Waals surface area contributed by atoms with Gasteiger partial charge in [-0.05, 0) is 25.2 Å². The van der Waals surface area contributed by atoms with Gasteiger partial charge in [-0.3, -0.25) is 4.90 Å². The lowest BCUT2D eigenvalue weighted by atomic mass is 10.1. The van der Waals surface area contributed by atoms with E-state index in [-0.39, 0.29) is 6.04 Å². The van der Waals surface area contributed by atoms with E-state index in [9.17, 15) is 0 Å². The standard InChI is InChI=1S/C14H23N3O2/c1-10-15-16-14(19-10)13-7-12(18-2)9-17(13)8-11-5-3-4-6-11/h11-13H,3-9H2,1-2H3/t12-,13+/m0/s1. The maximum Gasteiger partial charge on any atom is 0.233 e. The minimum absolute atomic E-state index is 0.242. The van der Waals surface area contributed by atoms with Crippen molar-refractivity contribution in [1.29, 1.82) is 0 Å². The third kappa shape index (κ3) is 2.82. The summed E-state index contributed by atoms with van der Waals surface area (Å²) in [5.74, 6) is 2.24. The number of nitrogens with zero attached hydrogens (tertiary/aromatic N) is 3. The Kier molecular flexibility index (Phi) is 3.84. The quantitative estimate of drug-likeness (QED) is 0.836. The Morgan fingerprint density at radius 2 is 2.11 bits per heavy atom. The predicted octanol–water partition coefficient (Wildman–Crippen LogP) is 2.33. The minimum Gasteiger partial charge on any atom is -0.424 e. The number of hydrogen-bond acceptors (Lipinski definition) is 5. The van der Waals surface area contributed by atoms with Crippen LogP contribution in [0, 0.1) is 12.8 Å². The lowest BCUT2D eigenvalue weighted by molar-refractivity contribution is 0.105. The molecule has 0 aromatic carbocycles. The molecule has 106 valence electrons. The van der Waals surface area contributed by atoms with E-state index in [1.54, 1.807) is 7.11 Å². The molecule has 19 heavy (non-hydrogen) atoms. The van der Waals surface area contributed by atoms with Gasteiger partial charge in [-0.1, -0.05) is 12.8 Å². The molecule has 1 aromatic heterocycles. The second-order valence-electron chi connectivity index (χ2n) is 5.87. The summed E-state index contributed by atoms with van der Waals surface area (Å²) in [6.07, 6.45) is 6.75. The zero-order valence-electron chi connectivity index (χ0n) is 11.8. The fraction of sp³-hybridized carbons (Fsp3) is 0.857. The maximum absolute atomic E-state index is 5.64. The molecule has 2 aliphatic rings. The summed E-state index contributed by atoms with van der Waals surface area (Å²) in [6.45, 7) is 3.98. The van der Waals surface area contributed by atoms with Gasteiger partial charge in [-0.25, -0.2) is 0 Å². The van der Waals surface area contributed by atoms with E-state index >= 15 is 0 Å². The van der Waals surface area contributed by atoms with Crippen LogP contribution in [0.1, 0.15) is 49.9 Å². The number of aryl methyl sites for hydroxylation is 1. The summed E-state index contributed by atoms with van der Waals surface area (Å²) in [5, 5.41) is 8.17. The fourth-order valence-corrected chi connectivity index (χ4v) is 3.46. The SMILES string of the molecule is CO[C@H]1C[C@H](c2nnc(C)o2)N(CC2CCCC2)C1. The Balaban J connectivity index is 1.71. The fourth-order valence-electron chi connectivity index (χ4n) is 3.46. The highest BCUT2D eigenvalue weighted by Crippen LogP contribution is 2.35. The van der Waals surface area contributed by atoms with Crippen molar-refractivity contribution < 1.29 is 9.15 Å². The van der Waals surface area contributed by atoms with Crippen molar-refractivity contribution in [3.8, 4) is 0 Å². The molecule has 0 amide bonds. The summed E-state index contributed by atoms with van der Waals surface area (Å²) in [7, 11) is 1.79. The molecule has 1 aliphatic heterocycles. The second-order valence-corrected chi connectivity index (χ2v) is 5.87. The lowest BCUT2D eigenvalue weighted by Crippen LogP contribution is -2.30. The first kappa shape index (κ1) is 13.1. The average Bonchev–Trinajstić information content (AvgIpc) is 3.10. The van der Waals surface area contributed by atoms with Crippen LogP contribution in [-0.4, -0.2) is 41.4 Å². The monoisotopic (exact) mass is 265 g/mol. The van der Waals surface area contributed by atoms with Gasteiger partial charge in [0.05, 0.1) is 12.1 Å². The Morgan fingerprint density at radius 3 is 2.74 bits per heavy atom. The first-order chi connectivity index (χ1) is 9.26. The highest BCUT2D eigenvalue weighted by atomic mass is 16.5. The summed E-state index contributed by atoms with van der Waals surface area (Å²) in [6, 6.07) is 0.242. The number of methoxy groups -OCH3 is 1. The summed E-state index contributed by atoms with van der Waals surface area (Å²) >= 11 is 0.